The minimum absolute atomic E-state index is 0.353. The first-order valence-corrected chi connectivity index (χ1v) is 7.22. The summed E-state index contributed by atoms with van der Waals surface area (Å²) in [5.74, 6) is 3.39. The molecule has 3 unspecified atom stereocenters. The third kappa shape index (κ3) is 1.86. The molecule has 100 valence electrons. The molecule has 0 aromatic heterocycles. The molecule has 4 aliphatic carbocycles. The first-order chi connectivity index (χ1) is 8.77. The monoisotopic (exact) mass is 248 g/mol. The van der Waals surface area contributed by atoms with Gasteiger partial charge in [-0.05, 0) is 49.9 Å². The predicted molar refractivity (Wildman–Crippen MR) is 71.8 cm³/mol. The molecule has 4 saturated carbocycles. The molecule has 2 nitrogen and oxygen atoms in total. The quantitative estimate of drug-likeness (QED) is 0.666. The Bertz CT molecular complexity index is 322. The predicted octanol–water partition coefficient (Wildman–Crippen LogP) is 3.75. The van der Waals surface area contributed by atoms with Gasteiger partial charge >= 0.3 is 0 Å². The largest absolute Gasteiger partial charge is 0.501 e. The van der Waals surface area contributed by atoms with Gasteiger partial charge in [-0.15, -0.1) is 0 Å². The molecule has 0 spiro atoms. The highest BCUT2D eigenvalue weighted by atomic mass is 16.5. The molecule has 0 aliphatic heterocycles. The Morgan fingerprint density at radius 3 is 2.28 bits per heavy atom. The van der Waals surface area contributed by atoms with E-state index < -0.39 is 0 Å². The van der Waals surface area contributed by atoms with Gasteiger partial charge in [0.25, 0.3) is 0 Å². The molecule has 0 N–H and O–H groups in total. The Labute approximate surface area is 110 Å². The standard InChI is InChI=1S/C16H24O2/c1-3-17-10-15-14-6-12-5-13(7-14)9-16(15,8-12)11-18-4-2/h3-4,12-15H,1-2,5-11H2. The smallest absolute Gasteiger partial charge is 0.0933 e. The van der Waals surface area contributed by atoms with Crippen molar-refractivity contribution in [1.82, 2.24) is 0 Å². The molecule has 18 heavy (non-hydrogen) atoms. The van der Waals surface area contributed by atoms with Gasteiger partial charge in [0.05, 0.1) is 25.7 Å². The normalized spacial score (nSPS) is 44.7. The van der Waals surface area contributed by atoms with Gasteiger partial charge in [-0.2, -0.15) is 0 Å². The van der Waals surface area contributed by atoms with Crippen molar-refractivity contribution in [3.63, 3.8) is 0 Å². The van der Waals surface area contributed by atoms with Crippen LogP contribution in [-0.2, 0) is 9.47 Å². The molecule has 0 aromatic rings. The van der Waals surface area contributed by atoms with Crippen molar-refractivity contribution in [3.8, 4) is 0 Å². The number of hydrogen-bond donors (Lipinski definition) is 0. The van der Waals surface area contributed by atoms with Crippen LogP contribution in [0.3, 0.4) is 0 Å². The highest BCUT2D eigenvalue weighted by Crippen LogP contribution is 2.62. The maximum atomic E-state index is 5.61. The zero-order chi connectivity index (χ0) is 12.6. The lowest BCUT2D eigenvalue weighted by atomic mass is 9.45. The van der Waals surface area contributed by atoms with Crippen LogP contribution in [0.25, 0.3) is 0 Å². The van der Waals surface area contributed by atoms with Crippen molar-refractivity contribution < 1.29 is 9.47 Å². The maximum Gasteiger partial charge on any atom is 0.0933 e. The number of hydrogen-bond acceptors (Lipinski definition) is 2. The van der Waals surface area contributed by atoms with E-state index >= 15 is 0 Å². The summed E-state index contributed by atoms with van der Waals surface area (Å²) in [5, 5.41) is 0. The van der Waals surface area contributed by atoms with E-state index in [4.69, 9.17) is 9.47 Å². The van der Waals surface area contributed by atoms with Crippen LogP contribution >= 0.6 is 0 Å². The number of ether oxygens (including phenoxy) is 2. The first-order valence-electron chi connectivity index (χ1n) is 7.22. The van der Waals surface area contributed by atoms with Crippen LogP contribution < -0.4 is 0 Å². The molecule has 0 aromatic carbocycles. The van der Waals surface area contributed by atoms with Crippen molar-refractivity contribution in [2.75, 3.05) is 13.2 Å². The van der Waals surface area contributed by atoms with Gasteiger partial charge in [0, 0.05) is 11.3 Å². The molecule has 4 fully saturated rings. The lowest BCUT2D eigenvalue weighted by molar-refractivity contribution is -0.147. The lowest BCUT2D eigenvalue weighted by Crippen LogP contribution is -2.55. The molecular formula is C16H24O2. The Morgan fingerprint density at radius 1 is 1.00 bits per heavy atom. The highest BCUT2D eigenvalue weighted by molar-refractivity contribution is 5.06. The van der Waals surface area contributed by atoms with E-state index in [0.717, 1.165) is 31.0 Å². The molecule has 0 heterocycles. The van der Waals surface area contributed by atoms with Crippen LogP contribution in [0.4, 0.5) is 0 Å². The summed E-state index contributed by atoms with van der Waals surface area (Å²) < 4.78 is 11.2. The van der Waals surface area contributed by atoms with E-state index in [0.29, 0.717) is 11.3 Å². The van der Waals surface area contributed by atoms with Gasteiger partial charge in [-0.3, -0.25) is 0 Å². The van der Waals surface area contributed by atoms with E-state index in [1.165, 1.54) is 32.1 Å². The van der Waals surface area contributed by atoms with Gasteiger partial charge < -0.3 is 9.47 Å². The zero-order valence-electron chi connectivity index (χ0n) is 11.1. The van der Waals surface area contributed by atoms with Crippen LogP contribution in [0.1, 0.15) is 32.1 Å². The van der Waals surface area contributed by atoms with Crippen molar-refractivity contribution >= 4 is 0 Å². The van der Waals surface area contributed by atoms with Gasteiger partial charge in [0.1, 0.15) is 0 Å². The van der Waals surface area contributed by atoms with Crippen LogP contribution in [0.2, 0.25) is 0 Å². The van der Waals surface area contributed by atoms with Crippen molar-refractivity contribution in [3.05, 3.63) is 25.7 Å². The van der Waals surface area contributed by atoms with Crippen molar-refractivity contribution in [2.24, 2.45) is 29.1 Å². The first kappa shape index (κ1) is 12.1. The fourth-order valence-corrected chi connectivity index (χ4v) is 5.25. The van der Waals surface area contributed by atoms with E-state index in [2.05, 4.69) is 13.2 Å². The highest BCUT2D eigenvalue weighted by Gasteiger charge is 2.57. The molecule has 4 aliphatic rings. The molecule has 4 bridgehead atoms. The third-order valence-corrected chi connectivity index (χ3v) is 5.57. The molecule has 3 atom stereocenters. The van der Waals surface area contributed by atoms with Crippen LogP contribution in [-0.4, -0.2) is 13.2 Å². The molecule has 4 rings (SSSR count). The number of rotatable bonds is 6. The summed E-state index contributed by atoms with van der Waals surface area (Å²) in [6.45, 7) is 9.04. The summed E-state index contributed by atoms with van der Waals surface area (Å²) in [5.41, 5.74) is 0.353. The summed E-state index contributed by atoms with van der Waals surface area (Å²) in [7, 11) is 0. The molecule has 2 heteroatoms. The van der Waals surface area contributed by atoms with E-state index in [9.17, 15) is 0 Å². The Hall–Kier alpha value is -0.920. The Kier molecular flexibility index (Phi) is 3.13. The summed E-state index contributed by atoms with van der Waals surface area (Å²) >= 11 is 0. The van der Waals surface area contributed by atoms with E-state index in [-0.39, 0.29) is 0 Å². The Balaban J connectivity index is 1.80. The van der Waals surface area contributed by atoms with Gasteiger partial charge in [0.15, 0.2) is 0 Å². The fourth-order valence-electron chi connectivity index (χ4n) is 5.25. The van der Waals surface area contributed by atoms with Crippen molar-refractivity contribution in [2.45, 2.75) is 32.1 Å². The van der Waals surface area contributed by atoms with E-state index in [1.54, 1.807) is 12.5 Å². The second kappa shape index (κ2) is 4.64. The topological polar surface area (TPSA) is 18.5 Å². The summed E-state index contributed by atoms with van der Waals surface area (Å²) in [4.78, 5) is 0. The molecular weight excluding hydrogens is 224 g/mol. The third-order valence-electron chi connectivity index (χ3n) is 5.57. The second-order valence-electron chi connectivity index (χ2n) is 6.55. The minimum Gasteiger partial charge on any atom is -0.501 e. The zero-order valence-corrected chi connectivity index (χ0v) is 11.1. The molecule has 0 saturated heterocycles. The Morgan fingerprint density at radius 2 is 1.67 bits per heavy atom. The SMILES string of the molecule is C=COCC1C2CC3CC(C2)CC1(COC=C)C3. The second-order valence-corrected chi connectivity index (χ2v) is 6.55. The molecule has 0 amide bonds. The lowest BCUT2D eigenvalue weighted by Gasteiger charge is -2.60. The van der Waals surface area contributed by atoms with Gasteiger partial charge in [0.2, 0.25) is 0 Å². The maximum absolute atomic E-state index is 5.61. The molecule has 0 radical (unpaired) electrons. The minimum atomic E-state index is 0.353. The summed E-state index contributed by atoms with van der Waals surface area (Å²) in [6, 6.07) is 0. The van der Waals surface area contributed by atoms with Crippen molar-refractivity contribution in [1.29, 1.82) is 0 Å². The fraction of sp³-hybridized carbons (Fsp3) is 0.750. The van der Waals surface area contributed by atoms with E-state index in [1.807, 2.05) is 0 Å². The van der Waals surface area contributed by atoms with Gasteiger partial charge in [-0.1, -0.05) is 13.2 Å². The van der Waals surface area contributed by atoms with Crippen LogP contribution in [0.15, 0.2) is 25.7 Å². The van der Waals surface area contributed by atoms with Crippen LogP contribution in [0.5, 0.6) is 0 Å². The summed E-state index contributed by atoms with van der Waals surface area (Å²) in [6.07, 6.45) is 10.1. The average Bonchev–Trinajstić information content (AvgIpc) is 2.35. The van der Waals surface area contributed by atoms with Gasteiger partial charge in [-0.25, -0.2) is 0 Å². The van der Waals surface area contributed by atoms with Crippen LogP contribution in [0, 0.1) is 29.1 Å². The average molecular weight is 248 g/mol.